The fourth-order valence-electron chi connectivity index (χ4n) is 3.11. The third-order valence-corrected chi connectivity index (χ3v) is 4.23. The first-order valence-electron chi connectivity index (χ1n) is 6.87. The summed E-state index contributed by atoms with van der Waals surface area (Å²) in [6, 6.07) is 5.28. The third kappa shape index (κ3) is 1.95. The summed E-state index contributed by atoms with van der Waals surface area (Å²) < 4.78 is 6.05. The van der Waals surface area contributed by atoms with Crippen LogP contribution < -0.4 is 5.32 Å². The molecule has 2 atom stereocenters. The fraction of sp³-hybridized carbons (Fsp3) is 0.467. The lowest BCUT2D eigenvalue weighted by Gasteiger charge is -2.36. The lowest BCUT2D eigenvalue weighted by Crippen LogP contribution is -2.47. The average Bonchev–Trinajstić information content (AvgIpc) is 2.63. The molecule has 1 spiro atoms. The van der Waals surface area contributed by atoms with Crippen molar-refractivity contribution in [3.05, 3.63) is 28.8 Å². The molecule has 0 unspecified atom stereocenters. The molecule has 0 bridgehead atoms. The maximum absolute atomic E-state index is 12.4. The zero-order chi connectivity index (χ0) is 14.3. The lowest BCUT2D eigenvalue weighted by atomic mass is 9.84. The number of nitrogens with one attached hydrogen (secondary N) is 1. The van der Waals surface area contributed by atoms with E-state index < -0.39 is 5.60 Å². The highest BCUT2D eigenvalue weighted by Gasteiger charge is 2.54. The van der Waals surface area contributed by atoms with Gasteiger partial charge in [-0.2, -0.15) is 0 Å². The molecule has 1 saturated heterocycles. The van der Waals surface area contributed by atoms with E-state index in [0.29, 0.717) is 22.7 Å². The smallest absolute Gasteiger partial charge is 0.261 e. The van der Waals surface area contributed by atoms with E-state index in [2.05, 4.69) is 5.32 Å². The van der Waals surface area contributed by atoms with E-state index in [1.807, 2.05) is 6.92 Å². The summed E-state index contributed by atoms with van der Waals surface area (Å²) in [5.74, 6) is -0.229. The van der Waals surface area contributed by atoms with Gasteiger partial charge < -0.3 is 10.1 Å². The number of halogens is 1. The Morgan fingerprint density at radius 2 is 2.25 bits per heavy atom. The Morgan fingerprint density at radius 1 is 1.45 bits per heavy atom. The molecule has 1 aromatic carbocycles. The lowest BCUT2D eigenvalue weighted by molar-refractivity contribution is -0.170. The zero-order valence-electron chi connectivity index (χ0n) is 11.2. The number of hydrogen-bond acceptors (Lipinski definition) is 3. The first-order valence-corrected chi connectivity index (χ1v) is 7.24. The highest BCUT2D eigenvalue weighted by atomic mass is 35.5. The van der Waals surface area contributed by atoms with Crippen LogP contribution in [0.25, 0.3) is 0 Å². The number of amides is 1. The van der Waals surface area contributed by atoms with E-state index in [-0.39, 0.29) is 24.2 Å². The van der Waals surface area contributed by atoms with Crippen molar-refractivity contribution in [2.75, 3.05) is 5.32 Å². The van der Waals surface area contributed by atoms with E-state index in [9.17, 15) is 9.59 Å². The Morgan fingerprint density at radius 3 is 3.00 bits per heavy atom. The minimum atomic E-state index is -1.23. The number of hydrogen-bond donors (Lipinski definition) is 1. The molecule has 0 saturated carbocycles. The van der Waals surface area contributed by atoms with Crippen LogP contribution in [0, 0.1) is 0 Å². The highest BCUT2D eigenvalue weighted by molar-refractivity contribution is 6.33. The van der Waals surface area contributed by atoms with Gasteiger partial charge in [-0.1, -0.05) is 31.0 Å². The zero-order valence-corrected chi connectivity index (χ0v) is 12.0. The molecule has 106 valence electrons. The number of Topliss-reactive ketones (excluding diaryl/α,β-unsaturated/α-hetero) is 1. The number of ether oxygens (including phenoxy) is 1. The molecule has 1 amide bonds. The number of anilines is 1. The van der Waals surface area contributed by atoms with E-state index >= 15 is 0 Å². The monoisotopic (exact) mass is 293 g/mol. The molecule has 2 heterocycles. The molecule has 1 N–H and O–H groups in total. The molecule has 4 nitrogen and oxygen atoms in total. The van der Waals surface area contributed by atoms with Crippen LogP contribution in [0.1, 0.15) is 38.2 Å². The van der Waals surface area contributed by atoms with E-state index in [1.54, 1.807) is 18.2 Å². The van der Waals surface area contributed by atoms with Gasteiger partial charge in [-0.25, -0.2) is 0 Å². The van der Waals surface area contributed by atoms with Crippen molar-refractivity contribution in [2.24, 2.45) is 0 Å². The maximum Gasteiger partial charge on any atom is 0.261 e. The molecule has 2 aliphatic heterocycles. The summed E-state index contributed by atoms with van der Waals surface area (Å²) in [4.78, 5) is 24.5. The van der Waals surface area contributed by atoms with Crippen LogP contribution in [-0.4, -0.2) is 17.8 Å². The standard InChI is InChI=1S/C15H16ClNO3/c1-2-4-10-7-9(18)8-15(20-10)13-11(16)5-3-6-12(13)17-14(15)19/h3,5-6,10H,2,4,7-8H2,1H3,(H,17,19)/t10-,15+/m0/s1. The van der Waals surface area contributed by atoms with Gasteiger partial charge in [0, 0.05) is 29.1 Å². The summed E-state index contributed by atoms with van der Waals surface area (Å²) in [7, 11) is 0. The predicted octanol–water partition coefficient (Wildman–Crippen LogP) is 3.04. The largest absolute Gasteiger partial charge is 0.356 e. The van der Waals surface area contributed by atoms with Crippen LogP contribution in [0.3, 0.4) is 0 Å². The second-order valence-corrected chi connectivity index (χ2v) is 5.80. The number of ketones is 1. The number of carbonyl (C=O) groups excluding carboxylic acids is 2. The van der Waals surface area contributed by atoms with Crippen LogP contribution in [0.4, 0.5) is 5.69 Å². The number of fused-ring (bicyclic) bond motifs is 2. The minimum absolute atomic E-state index is 0.0534. The molecule has 5 heteroatoms. The first kappa shape index (κ1) is 13.6. The van der Waals surface area contributed by atoms with Gasteiger partial charge in [0.05, 0.1) is 6.10 Å². The van der Waals surface area contributed by atoms with Crippen LogP contribution in [0.5, 0.6) is 0 Å². The number of benzene rings is 1. The van der Waals surface area contributed by atoms with Gasteiger partial charge in [-0.15, -0.1) is 0 Å². The van der Waals surface area contributed by atoms with Crippen molar-refractivity contribution in [1.29, 1.82) is 0 Å². The van der Waals surface area contributed by atoms with E-state index in [4.69, 9.17) is 16.3 Å². The van der Waals surface area contributed by atoms with Crippen molar-refractivity contribution in [1.82, 2.24) is 0 Å². The second-order valence-electron chi connectivity index (χ2n) is 5.39. The Labute approximate surface area is 122 Å². The van der Waals surface area contributed by atoms with E-state index in [1.165, 1.54) is 0 Å². The molecule has 1 fully saturated rings. The summed E-state index contributed by atoms with van der Waals surface area (Å²) in [6.45, 7) is 2.03. The average molecular weight is 294 g/mol. The topological polar surface area (TPSA) is 55.4 Å². The summed E-state index contributed by atoms with van der Waals surface area (Å²) in [5, 5.41) is 3.25. The Kier molecular flexibility index (Phi) is 3.30. The van der Waals surface area contributed by atoms with Gasteiger partial charge >= 0.3 is 0 Å². The van der Waals surface area contributed by atoms with Crippen LogP contribution >= 0.6 is 11.6 Å². The van der Waals surface area contributed by atoms with Crippen molar-refractivity contribution in [3.8, 4) is 0 Å². The van der Waals surface area contributed by atoms with Crippen LogP contribution in [0.2, 0.25) is 5.02 Å². The molecule has 3 rings (SSSR count). The van der Waals surface area contributed by atoms with E-state index in [0.717, 1.165) is 12.8 Å². The fourth-order valence-corrected chi connectivity index (χ4v) is 3.44. The molecule has 0 aliphatic carbocycles. The first-order chi connectivity index (χ1) is 9.56. The van der Waals surface area contributed by atoms with Gasteiger partial charge in [0.25, 0.3) is 5.91 Å². The third-order valence-electron chi connectivity index (χ3n) is 3.91. The van der Waals surface area contributed by atoms with Gasteiger partial charge in [-0.05, 0) is 18.6 Å². The van der Waals surface area contributed by atoms with Gasteiger partial charge in [0.2, 0.25) is 0 Å². The number of rotatable bonds is 2. The van der Waals surface area contributed by atoms with Crippen LogP contribution in [0.15, 0.2) is 18.2 Å². The molecular formula is C15H16ClNO3. The summed E-state index contributed by atoms with van der Waals surface area (Å²) >= 11 is 6.25. The van der Waals surface area contributed by atoms with Crippen molar-refractivity contribution >= 4 is 29.0 Å². The normalized spacial score (nSPS) is 28.6. The predicted molar refractivity (Wildman–Crippen MR) is 75.8 cm³/mol. The molecule has 1 aromatic rings. The van der Waals surface area contributed by atoms with Gasteiger partial charge in [-0.3, -0.25) is 9.59 Å². The summed E-state index contributed by atoms with van der Waals surface area (Å²) in [6.07, 6.45) is 1.90. The minimum Gasteiger partial charge on any atom is -0.356 e. The second kappa shape index (κ2) is 4.86. The van der Waals surface area contributed by atoms with Crippen molar-refractivity contribution in [3.63, 3.8) is 0 Å². The van der Waals surface area contributed by atoms with Crippen LogP contribution in [-0.2, 0) is 19.9 Å². The highest BCUT2D eigenvalue weighted by Crippen LogP contribution is 2.48. The van der Waals surface area contributed by atoms with Gasteiger partial charge in [0.15, 0.2) is 5.60 Å². The van der Waals surface area contributed by atoms with Crippen molar-refractivity contribution < 1.29 is 14.3 Å². The SMILES string of the molecule is CCC[C@H]1CC(=O)C[C@]2(O1)C(=O)Nc1cccc(Cl)c12. The maximum atomic E-state index is 12.4. The Hall–Kier alpha value is -1.39. The Bertz CT molecular complexity index is 586. The molecular weight excluding hydrogens is 278 g/mol. The molecule has 0 radical (unpaired) electrons. The van der Waals surface area contributed by atoms with Crippen molar-refractivity contribution in [2.45, 2.75) is 44.3 Å². The molecule has 20 heavy (non-hydrogen) atoms. The quantitative estimate of drug-likeness (QED) is 0.912. The number of carbonyl (C=O) groups is 2. The Balaban J connectivity index is 2.07. The summed E-state index contributed by atoms with van der Waals surface area (Å²) in [5.41, 5.74) is 0.0244. The molecule has 2 aliphatic rings. The van der Waals surface area contributed by atoms with Gasteiger partial charge in [0.1, 0.15) is 5.78 Å². The molecule has 0 aromatic heterocycles.